The SMILES string of the molecule is Cn1cnc(S(=O)(=O)N2CC(COc3cccc(Cl)c3)C(c3ccc(F)cc3)C2)c1. The molecule has 1 aliphatic heterocycles. The smallest absolute Gasteiger partial charge is 0.262 e. The standard InChI is InChI=1S/C21H21ClFN3O3S/c1-25-12-21(24-14-25)30(27,28)26-10-16(13-29-19-4-2-3-17(22)9-19)20(11-26)15-5-7-18(23)8-6-15/h2-9,12,14,16,20H,10-11,13H2,1H3. The van der Waals surface area contributed by atoms with Crippen LogP contribution in [0.3, 0.4) is 0 Å². The van der Waals surface area contributed by atoms with Crippen LogP contribution in [0.1, 0.15) is 11.5 Å². The molecule has 158 valence electrons. The normalized spacial score (nSPS) is 19.8. The number of halogens is 2. The number of aromatic nitrogens is 2. The molecule has 1 saturated heterocycles. The summed E-state index contributed by atoms with van der Waals surface area (Å²) in [7, 11) is -2.02. The Morgan fingerprint density at radius 1 is 1.20 bits per heavy atom. The number of rotatable bonds is 6. The summed E-state index contributed by atoms with van der Waals surface area (Å²) in [5, 5.41) is 0.577. The van der Waals surface area contributed by atoms with Crippen LogP contribution in [-0.4, -0.2) is 42.0 Å². The Hall–Kier alpha value is -2.42. The molecule has 0 aliphatic carbocycles. The van der Waals surface area contributed by atoms with Crippen molar-refractivity contribution in [2.24, 2.45) is 13.0 Å². The van der Waals surface area contributed by atoms with Crippen molar-refractivity contribution < 1.29 is 17.5 Å². The van der Waals surface area contributed by atoms with Crippen LogP contribution in [0.5, 0.6) is 5.75 Å². The number of hydrogen-bond acceptors (Lipinski definition) is 4. The third-order valence-corrected chi connectivity index (χ3v) is 7.20. The van der Waals surface area contributed by atoms with Crippen LogP contribution in [-0.2, 0) is 17.1 Å². The molecule has 0 bridgehead atoms. The zero-order valence-corrected chi connectivity index (χ0v) is 17.9. The molecule has 3 aromatic rings. The number of sulfonamides is 1. The zero-order valence-electron chi connectivity index (χ0n) is 16.3. The number of hydrogen-bond donors (Lipinski definition) is 0. The van der Waals surface area contributed by atoms with Crippen LogP contribution in [0, 0.1) is 11.7 Å². The monoisotopic (exact) mass is 449 g/mol. The van der Waals surface area contributed by atoms with Crippen molar-refractivity contribution in [3.8, 4) is 5.75 Å². The minimum absolute atomic E-state index is 0.0132. The first-order valence-electron chi connectivity index (χ1n) is 9.45. The second kappa shape index (κ2) is 8.37. The molecule has 2 atom stereocenters. The lowest BCUT2D eigenvalue weighted by Gasteiger charge is -2.19. The summed E-state index contributed by atoms with van der Waals surface area (Å²) in [6, 6.07) is 13.2. The number of aryl methyl sites for hydroxylation is 1. The molecule has 0 amide bonds. The van der Waals surface area contributed by atoms with Gasteiger partial charge in [-0.05, 0) is 35.9 Å². The van der Waals surface area contributed by atoms with Gasteiger partial charge in [-0.25, -0.2) is 17.8 Å². The second-order valence-corrected chi connectivity index (χ2v) is 9.71. The second-order valence-electron chi connectivity index (χ2n) is 7.39. The topological polar surface area (TPSA) is 64.4 Å². The van der Waals surface area contributed by atoms with E-state index in [4.69, 9.17) is 16.3 Å². The third kappa shape index (κ3) is 4.35. The summed E-state index contributed by atoms with van der Waals surface area (Å²) in [6.45, 7) is 0.853. The maximum absolute atomic E-state index is 13.4. The molecule has 4 rings (SSSR count). The van der Waals surface area contributed by atoms with Gasteiger partial charge in [-0.3, -0.25) is 0 Å². The van der Waals surface area contributed by atoms with Crippen molar-refractivity contribution in [3.63, 3.8) is 0 Å². The molecule has 0 radical (unpaired) electrons. The maximum atomic E-state index is 13.4. The number of benzene rings is 2. The highest BCUT2D eigenvalue weighted by molar-refractivity contribution is 7.89. The van der Waals surface area contributed by atoms with E-state index in [9.17, 15) is 12.8 Å². The van der Waals surface area contributed by atoms with Crippen molar-refractivity contribution >= 4 is 21.6 Å². The predicted molar refractivity (Wildman–Crippen MR) is 112 cm³/mol. The molecule has 2 unspecified atom stereocenters. The summed E-state index contributed by atoms with van der Waals surface area (Å²) < 4.78 is 48.5. The van der Waals surface area contributed by atoms with Gasteiger partial charge >= 0.3 is 0 Å². The molecular weight excluding hydrogens is 429 g/mol. The average Bonchev–Trinajstić information content (AvgIpc) is 3.34. The number of imidazole rings is 1. The van der Waals surface area contributed by atoms with Crippen LogP contribution >= 0.6 is 11.6 Å². The fourth-order valence-electron chi connectivity index (χ4n) is 3.70. The van der Waals surface area contributed by atoms with Crippen molar-refractivity contribution in [2.45, 2.75) is 10.9 Å². The lowest BCUT2D eigenvalue weighted by Crippen LogP contribution is -2.30. The lowest BCUT2D eigenvalue weighted by atomic mass is 9.89. The summed E-state index contributed by atoms with van der Waals surface area (Å²) in [5.74, 6) is 0.0315. The van der Waals surface area contributed by atoms with Gasteiger partial charge in [-0.1, -0.05) is 29.8 Å². The highest BCUT2D eigenvalue weighted by atomic mass is 35.5. The lowest BCUT2D eigenvalue weighted by molar-refractivity contribution is 0.244. The van der Waals surface area contributed by atoms with E-state index in [1.54, 1.807) is 48.0 Å². The Labute approximate surface area is 179 Å². The van der Waals surface area contributed by atoms with E-state index in [0.717, 1.165) is 5.56 Å². The van der Waals surface area contributed by atoms with Gasteiger partial charge in [0.15, 0.2) is 5.03 Å². The minimum atomic E-state index is -3.74. The van der Waals surface area contributed by atoms with Crippen molar-refractivity contribution in [1.82, 2.24) is 13.9 Å². The third-order valence-electron chi connectivity index (χ3n) is 5.25. The highest BCUT2D eigenvalue weighted by Gasteiger charge is 2.41. The van der Waals surface area contributed by atoms with Gasteiger partial charge in [-0.15, -0.1) is 0 Å². The van der Waals surface area contributed by atoms with E-state index < -0.39 is 10.0 Å². The molecule has 9 heteroatoms. The van der Waals surface area contributed by atoms with Gasteiger partial charge in [0.05, 0.1) is 12.9 Å². The summed E-state index contributed by atoms with van der Waals surface area (Å²) in [4.78, 5) is 4.01. The Balaban J connectivity index is 1.59. The van der Waals surface area contributed by atoms with Crippen LogP contribution in [0.2, 0.25) is 5.02 Å². The van der Waals surface area contributed by atoms with Crippen LogP contribution in [0.4, 0.5) is 4.39 Å². The van der Waals surface area contributed by atoms with E-state index in [2.05, 4.69) is 4.98 Å². The Kier molecular flexibility index (Phi) is 5.81. The van der Waals surface area contributed by atoms with Gasteiger partial charge in [-0.2, -0.15) is 4.31 Å². The van der Waals surface area contributed by atoms with Gasteiger partial charge in [0.1, 0.15) is 11.6 Å². The maximum Gasteiger partial charge on any atom is 0.262 e. The zero-order chi connectivity index (χ0) is 21.3. The van der Waals surface area contributed by atoms with Crippen molar-refractivity contribution in [1.29, 1.82) is 0 Å². The first-order chi connectivity index (χ1) is 14.3. The van der Waals surface area contributed by atoms with E-state index in [-0.39, 0.29) is 35.8 Å². The Morgan fingerprint density at radius 2 is 1.97 bits per heavy atom. The molecule has 1 fully saturated rings. The molecular formula is C21H21ClFN3O3S. The molecule has 1 aromatic heterocycles. The first kappa shape index (κ1) is 20.8. The molecule has 0 spiro atoms. The summed E-state index contributed by atoms with van der Waals surface area (Å²) >= 11 is 6.02. The quantitative estimate of drug-likeness (QED) is 0.575. The fraction of sp³-hybridized carbons (Fsp3) is 0.286. The molecule has 0 N–H and O–H groups in total. The van der Waals surface area contributed by atoms with Gasteiger partial charge in [0, 0.05) is 43.2 Å². The predicted octanol–water partition coefficient (Wildman–Crippen LogP) is 3.70. The molecule has 30 heavy (non-hydrogen) atoms. The van der Waals surface area contributed by atoms with Crippen LogP contribution in [0.25, 0.3) is 0 Å². The largest absolute Gasteiger partial charge is 0.493 e. The van der Waals surface area contributed by atoms with Crippen molar-refractivity contribution in [2.75, 3.05) is 19.7 Å². The van der Waals surface area contributed by atoms with Crippen LogP contribution < -0.4 is 4.74 Å². The van der Waals surface area contributed by atoms with Gasteiger partial charge in [0.2, 0.25) is 0 Å². The number of nitrogens with zero attached hydrogens (tertiary/aromatic N) is 3. The summed E-state index contributed by atoms with van der Waals surface area (Å²) in [5.41, 5.74) is 0.870. The van der Waals surface area contributed by atoms with E-state index in [0.29, 0.717) is 17.4 Å². The Bertz CT molecular complexity index is 1130. The molecule has 6 nitrogen and oxygen atoms in total. The first-order valence-corrected chi connectivity index (χ1v) is 11.3. The van der Waals surface area contributed by atoms with E-state index >= 15 is 0 Å². The Morgan fingerprint density at radius 3 is 2.63 bits per heavy atom. The van der Waals surface area contributed by atoms with Crippen LogP contribution in [0.15, 0.2) is 66.1 Å². The fourth-order valence-corrected chi connectivity index (χ4v) is 5.37. The van der Waals surface area contributed by atoms with Gasteiger partial charge in [0.25, 0.3) is 10.0 Å². The minimum Gasteiger partial charge on any atom is -0.493 e. The van der Waals surface area contributed by atoms with Gasteiger partial charge < -0.3 is 9.30 Å². The molecule has 1 aliphatic rings. The average molecular weight is 450 g/mol. The molecule has 0 saturated carbocycles. The molecule has 2 heterocycles. The molecule has 2 aromatic carbocycles. The van der Waals surface area contributed by atoms with E-state index in [1.165, 1.54) is 29.0 Å². The van der Waals surface area contributed by atoms with E-state index in [1.807, 2.05) is 0 Å². The van der Waals surface area contributed by atoms with Crippen molar-refractivity contribution in [3.05, 3.63) is 77.5 Å². The summed E-state index contributed by atoms with van der Waals surface area (Å²) in [6.07, 6.45) is 2.94. The number of ether oxygens (including phenoxy) is 1. The highest BCUT2D eigenvalue weighted by Crippen LogP contribution is 2.36.